The van der Waals surface area contributed by atoms with E-state index in [-0.39, 0.29) is 11.8 Å². The van der Waals surface area contributed by atoms with Gasteiger partial charge in [0.05, 0.1) is 29.6 Å². The first kappa shape index (κ1) is 21.2. The standard InChI is InChI=1S/C19H29N3O5S2/c23-28(24)13-4-18(16-28)21-7-5-20(6-8-21)15-17-2-1-3-19(14-17)29(25,26)22-9-11-27-12-10-22/h1-3,14,18H,4-13,15-16H2/t18-/m1/s1. The third-order valence-electron chi connectivity index (χ3n) is 6.04. The minimum atomic E-state index is -3.49. The zero-order valence-electron chi connectivity index (χ0n) is 16.6. The first-order valence-corrected chi connectivity index (χ1v) is 13.4. The minimum Gasteiger partial charge on any atom is -0.379 e. The Morgan fingerprint density at radius 2 is 1.76 bits per heavy atom. The monoisotopic (exact) mass is 443 g/mol. The average molecular weight is 444 g/mol. The van der Waals surface area contributed by atoms with Crippen molar-refractivity contribution in [2.45, 2.75) is 23.9 Å². The molecule has 0 bridgehead atoms. The first-order chi connectivity index (χ1) is 13.8. The Morgan fingerprint density at radius 1 is 1.03 bits per heavy atom. The maximum absolute atomic E-state index is 12.9. The van der Waals surface area contributed by atoms with Crippen LogP contribution in [0.2, 0.25) is 0 Å². The number of benzene rings is 1. The van der Waals surface area contributed by atoms with Crippen LogP contribution in [0.15, 0.2) is 29.2 Å². The highest BCUT2D eigenvalue weighted by Gasteiger charge is 2.33. The molecular formula is C19H29N3O5S2. The van der Waals surface area contributed by atoms with Gasteiger partial charge in [-0.05, 0) is 24.1 Å². The SMILES string of the molecule is O=S1(=O)CC[C@@H](N2CCN(Cc3cccc(S(=O)(=O)N4CCOCC4)c3)CC2)C1. The van der Waals surface area contributed by atoms with Gasteiger partial charge in [0.25, 0.3) is 0 Å². The number of rotatable bonds is 5. The van der Waals surface area contributed by atoms with Gasteiger partial charge in [-0.3, -0.25) is 9.80 Å². The van der Waals surface area contributed by atoms with Crippen molar-refractivity contribution in [1.29, 1.82) is 0 Å². The second-order valence-electron chi connectivity index (χ2n) is 8.03. The van der Waals surface area contributed by atoms with Crippen LogP contribution in [-0.2, 0) is 31.1 Å². The van der Waals surface area contributed by atoms with Gasteiger partial charge < -0.3 is 4.74 Å². The number of ether oxygens (including phenoxy) is 1. The number of sulfonamides is 1. The molecule has 3 fully saturated rings. The van der Waals surface area contributed by atoms with Gasteiger partial charge in [-0.25, -0.2) is 16.8 Å². The van der Waals surface area contributed by atoms with Gasteiger partial charge in [0.15, 0.2) is 9.84 Å². The summed E-state index contributed by atoms with van der Waals surface area (Å²) in [4.78, 5) is 4.94. The van der Waals surface area contributed by atoms with Crippen molar-refractivity contribution in [2.24, 2.45) is 0 Å². The van der Waals surface area contributed by atoms with E-state index in [4.69, 9.17) is 4.74 Å². The average Bonchev–Trinajstić information content (AvgIpc) is 3.09. The Balaban J connectivity index is 1.35. The summed E-state index contributed by atoms with van der Waals surface area (Å²) in [6.07, 6.45) is 0.740. The summed E-state index contributed by atoms with van der Waals surface area (Å²) in [5.41, 5.74) is 0.983. The fraction of sp³-hybridized carbons (Fsp3) is 0.684. The molecule has 0 radical (unpaired) electrons. The molecule has 0 unspecified atom stereocenters. The summed E-state index contributed by atoms with van der Waals surface area (Å²) in [7, 11) is -6.35. The largest absolute Gasteiger partial charge is 0.379 e. The van der Waals surface area contributed by atoms with E-state index in [1.807, 2.05) is 12.1 Å². The normalized spacial score (nSPS) is 27.2. The van der Waals surface area contributed by atoms with E-state index in [1.165, 1.54) is 4.31 Å². The summed E-state index contributed by atoms with van der Waals surface area (Å²) in [6, 6.07) is 7.37. The molecule has 3 aliphatic rings. The van der Waals surface area contributed by atoms with Crippen molar-refractivity contribution >= 4 is 19.9 Å². The number of sulfone groups is 1. The molecule has 162 valence electrons. The first-order valence-electron chi connectivity index (χ1n) is 10.2. The van der Waals surface area contributed by atoms with Gasteiger partial charge in [-0.2, -0.15) is 4.31 Å². The van der Waals surface area contributed by atoms with Crippen molar-refractivity contribution in [2.75, 3.05) is 64.0 Å². The smallest absolute Gasteiger partial charge is 0.243 e. The summed E-state index contributed by atoms with van der Waals surface area (Å²) in [5, 5.41) is 0. The number of piperazine rings is 1. The topological polar surface area (TPSA) is 87.2 Å². The zero-order valence-corrected chi connectivity index (χ0v) is 18.2. The van der Waals surface area contributed by atoms with Crippen molar-refractivity contribution in [3.8, 4) is 0 Å². The molecule has 0 aliphatic carbocycles. The molecule has 0 saturated carbocycles. The molecule has 0 aromatic heterocycles. The quantitative estimate of drug-likeness (QED) is 0.634. The van der Waals surface area contributed by atoms with Crippen LogP contribution in [0.3, 0.4) is 0 Å². The van der Waals surface area contributed by atoms with Crippen molar-refractivity contribution in [3.05, 3.63) is 29.8 Å². The van der Waals surface area contributed by atoms with Crippen LogP contribution < -0.4 is 0 Å². The van der Waals surface area contributed by atoms with E-state index in [0.29, 0.717) is 43.5 Å². The summed E-state index contributed by atoms with van der Waals surface area (Å²) in [5.74, 6) is 0.594. The van der Waals surface area contributed by atoms with Gasteiger partial charge in [0.2, 0.25) is 10.0 Å². The van der Waals surface area contributed by atoms with Crippen LogP contribution in [0.25, 0.3) is 0 Å². The predicted octanol–water partition coefficient (Wildman–Crippen LogP) is 0.0122. The molecule has 0 spiro atoms. The second-order valence-corrected chi connectivity index (χ2v) is 12.2. The minimum absolute atomic E-state index is 0.157. The molecule has 1 atom stereocenters. The Hall–Kier alpha value is -1.04. The van der Waals surface area contributed by atoms with Crippen LogP contribution in [-0.4, -0.2) is 101 Å². The van der Waals surface area contributed by atoms with Gasteiger partial charge in [-0.15, -0.1) is 0 Å². The third-order valence-corrected chi connectivity index (χ3v) is 9.69. The third kappa shape index (κ3) is 5.00. The molecule has 3 aliphatic heterocycles. The fourth-order valence-electron chi connectivity index (χ4n) is 4.35. The molecule has 8 nitrogen and oxygen atoms in total. The van der Waals surface area contributed by atoms with E-state index in [9.17, 15) is 16.8 Å². The van der Waals surface area contributed by atoms with Gasteiger partial charge in [0.1, 0.15) is 0 Å². The Morgan fingerprint density at radius 3 is 2.41 bits per heavy atom. The van der Waals surface area contributed by atoms with Gasteiger partial charge >= 0.3 is 0 Å². The van der Waals surface area contributed by atoms with Crippen molar-refractivity contribution < 1.29 is 21.6 Å². The zero-order chi connectivity index (χ0) is 20.5. The molecular weight excluding hydrogens is 414 g/mol. The highest BCUT2D eigenvalue weighted by atomic mass is 32.2. The molecule has 1 aromatic carbocycles. The van der Waals surface area contributed by atoms with Crippen LogP contribution >= 0.6 is 0 Å². The molecule has 4 rings (SSSR count). The molecule has 3 heterocycles. The number of hydrogen-bond acceptors (Lipinski definition) is 7. The van der Waals surface area contributed by atoms with E-state index in [1.54, 1.807) is 12.1 Å². The van der Waals surface area contributed by atoms with Crippen molar-refractivity contribution in [1.82, 2.24) is 14.1 Å². The second kappa shape index (κ2) is 8.60. The molecule has 1 aromatic rings. The molecule has 29 heavy (non-hydrogen) atoms. The number of morpholine rings is 1. The Bertz CT molecular complexity index is 921. The van der Waals surface area contributed by atoms with E-state index >= 15 is 0 Å². The molecule has 0 amide bonds. The Labute approximate surface area is 173 Å². The Kier molecular flexibility index (Phi) is 6.29. The lowest BCUT2D eigenvalue weighted by atomic mass is 10.1. The fourth-order valence-corrected chi connectivity index (χ4v) is 7.59. The highest BCUT2D eigenvalue weighted by Crippen LogP contribution is 2.22. The maximum atomic E-state index is 12.9. The molecule has 3 saturated heterocycles. The lowest BCUT2D eigenvalue weighted by Crippen LogP contribution is -2.50. The van der Waals surface area contributed by atoms with E-state index in [0.717, 1.165) is 38.2 Å². The summed E-state index contributed by atoms with van der Waals surface area (Å²) < 4.78 is 55.9. The van der Waals surface area contributed by atoms with Crippen LogP contribution in [0.4, 0.5) is 0 Å². The summed E-state index contributed by atoms with van der Waals surface area (Å²) in [6.45, 7) is 5.78. The summed E-state index contributed by atoms with van der Waals surface area (Å²) >= 11 is 0. The predicted molar refractivity (Wildman–Crippen MR) is 110 cm³/mol. The lowest BCUT2D eigenvalue weighted by molar-refractivity contribution is 0.0730. The lowest BCUT2D eigenvalue weighted by Gasteiger charge is -2.37. The van der Waals surface area contributed by atoms with Crippen LogP contribution in [0.1, 0.15) is 12.0 Å². The number of nitrogens with zero attached hydrogens (tertiary/aromatic N) is 3. The van der Waals surface area contributed by atoms with Crippen LogP contribution in [0.5, 0.6) is 0 Å². The van der Waals surface area contributed by atoms with E-state index < -0.39 is 19.9 Å². The number of hydrogen-bond donors (Lipinski definition) is 0. The van der Waals surface area contributed by atoms with Crippen LogP contribution in [0, 0.1) is 0 Å². The highest BCUT2D eigenvalue weighted by molar-refractivity contribution is 7.91. The molecule has 0 N–H and O–H groups in total. The molecule has 10 heteroatoms. The van der Waals surface area contributed by atoms with E-state index in [2.05, 4.69) is 9.80 Å². The van der Waals surface area contributed by atoms with Gasteiger partial charge in [-0.1, -0.05) is 12.1 Å². The van der Waals surface area contributed by atoms with Gasteiger partial charge in [0, 0.05) is 51.9 Å². The van der Waals surface area contributed by atoms with Crippen molar-refractivity contribution in [3.63, 3.8) is 0 Å². The maximum Gasteiger partial charge on any atom is 0.243 e.